The second kappa shape index (κ2) is 8.30. The van der Waals surface area contributed by atoms with Gasteiger partial charge in [0.1, 0.15) is 0 Å². The van der Waals surface area contributed by atoms with Crippen molar-refractivity contribution in [3.05, 3.63) is 18.0 Å². The van der Waals surface area contributed by atoms with Crippen LogP contribution >= 0.6 is 0 Å². The molecular formula is C12H23N3O. The third-order valence-corrected chi connectivity index (χ3v) is 2.38. The molecule has 0 aromatic carbocycles. The highest BCUT2D eigenvalue weighted by Gasteiger charge is 1.93. The molecule has 1 rings (SSSR count). The van der Waals surface area contributed by atoms with Gasteiger partial charge in [-0.3, -0.25) is 4.68 Å². The van der Waals surface area contributed by atoms with E-state index in [-0.39, 0.29) is 0 Å². The van der Waals surface area contributed by atoms with Crippen molar-refractivity contribution in [2.24, 2.45) is 0 Å². The summed E-state index contributed by atoms with van der Waals surface area (Å²) in [6.07, 6.45) is 6.28. The zero-order chi connectivity index (χ0) is 11.6. The van der Waals surface area contributed by atoms with E-state index in [2.05, 4.69) is 23.5 Å². The van der Waals surface area contributed by atoms with Gasteiger partial charge in [0.2, 0.25) is 0 Å². The SMILES string of the molecule is CCOCCCCNCCn1cc(C)cn1. The van der Waals surface area contributed by atoms with E-state index in [1.54, 1.807) is 0 Å². The highest BCUT2D eigenvalue weighted by atomic mass is 16.5. The van der Waals surface area contributed by atoms with Crippen molar-refractivity contribution in [1.29, 1.82) is 0 Å². The summed E-state index contributed by atoms with van der Waals surface area (Å²) in [5.74, 6) is 0. The minimum atomic E-state index is 0.825. The molecule has 1 aromatic heterocycles. The molecule has 16 heavy (non-hydrogen) atoms. The molecule has 0 saturated heterocycles. The zero-order valence-corrected chi connectivity index (χ0v) is 10.4. The topological polar surface area (TPSA) is 39.1 Å². The van der Waals surface area contributed by atoms with E-state index >= 15 is 0 Å². The molecule has 0 saturated carbocycles. The maximum Gasteiger partial charge on any atom is 0.0534 e. The second-order valence-corrected chi connectivity index (χ2v) is 3.93. The monoisotopic (exact) mass is 225 g/mol. The Morgan fingerprint density at radius 1 is 1.38 bits per heavy atom. The van der Waals surface area contributed by atoms with Crippen LogP contribution in [0, 0.1) is 6.92 Å². The maximum atomic E-state index is 5.27. The van der Waals surface area contributed by atoms with Crippen molar-refractivity contribution < 1.29 is 4.74 Å². The standard InChI is InChI=1S/C12H23N3O/c1-3-16-9-5-4-6-13-7-8-15-11-12(2)10-14-15/h10-11,13H,3-9H2,1-2H3. The van der Waals surface area contributed by atoms with E-state index in [1.807, 2.05) is 17.8 Å². The number of hydrogen-bond donors (Lipinski definition) is 1. The first kappa shape index (κ1) is 13.2. The fourth-order valence-corrected chi connectivity index (χ4v) is 1.51. The summed E-state index contributed by atoms with van der Waals surface area (Å²) in [7, 11) is 0. The molecule has 4 nitrogen and oxygen atoms in total. The number of ether oxygens (including phenoxy) is 1. The van der Waals surface area contributed by atoms with Crippen LogP contribution in [-0.4, -0.2) is 36.1 Å². The summed E-state index contributed by atoms with van der Waals surface area (Å²) in [6.45, 7) is 8.79. The van der Waals surface area contributed by atoms with E-state index in [1.165, 1.54) is 12.0 Å². The third kappa shape index (κ3) is 5.88. The average Bonchev–Trinajstić information content (AvgIpc) is 2.68. The van der Waals surface area contributed by atoms with Crippen molar-refractivity contribution in [2.45, 2.75) is 33.2 Å². The van der Waals surface area contributed by atoms with Gasteiger partial charge >= 0.3 is 0 Å². The van der Waals surface area contributed by atoms with Gasteiger partial charge in [0.15, 0.2) is 0 Å². The van der Waals surface area contributed by atoms with Crippen molar-refractivity contribution in [3.8, 4) is 0 Å². The van der Waals surface area contributed by atoms with Gasteiger partial charge < -0.3 is 10.1 Å². The first-order valence-electron chi connectivity index (χ1n) is 6.10. The normalized spacial score (nSPS) is 10.9. The van der Waals surface area contributed by atoms with E-state index in [9.17, 15) is 0 Å². The quantitative estimate of drug-likeness (QED) is 0.649. The smallest absolute Gasteiger partial charge is 0.0534 e. The van der Waals surface area contributed by atoms with E-state index in [4.69, 9.17) is 4.74 Å². The molecule has 4 heteroatoms. The Hall–Kier alpha value is -0.870. The van der Waals surface area contributed by atoms with Gasteiger partial charge in [-0.1, -0.05) is 0 Å². The van der Waals surface area contributed by atoms with Gasteiger partial charge in [0, 0.05) is 26.0 Å². The van der Waals surface area contributed by atoms with E-state index in [0.717, 1.165) is 39.3 Å². The highest BCUT2D eigenvalue weighted by molar-refractivity contribution is 4.99. The molecule has 0 spiro atoms. The Kier molecular flexibility index (Phi) is 6.85. The lowest BCUT2D eigenvalue weighted by atomic mass is 10.3. The number of nitrogens with zero attached hydrogens (tertiary/aromatic N) is 2. The molecule has 92 valence electrons. The number of aromatic nitrogens is 2. The summed E-state index contributed by atoms with van der Waals surface area (Å²) in [6, 6.07) is 0. The van der Waals surface area contributed by atoms with Crippen LogP contribution < -0.4 is 5.32 Å². The third-order valence-electron chi connectivity index (χ3n) is 2.38. The minimum absolute atomic E-state index is 0.825. The predicted octanol–water partition coefficient (Wildman–Crippen LogP) is 1.60. The van der Waals surface area contributed by atoms with Crippen LogP contribution in [0.5, 0.6) is 0 Å². The molecule has 0 bridgehead atoms. The number of rotatable bonds is 9. The molecule has 0 fully saturated rings. The molecular weight excluding hydrogens is 202 g/mol. The fourth-order valence-electron chi connectivity index (χ4n) is 1.51. The molecule has 1 aromatic rings. The van der Waals surface area contributed by atoms with Crippen LogP contribution in [0.15, 0.2) is 12.4 Å². The van der Waals surface area contributed by atoms with Crippen molar-refractivity contribution in [2.75, 3.05) is 26.3 Å². The molecule has 0 aliphatic heterocycles. The summed E-state index contributed by atoms with van der Waals surface area (Å²) >= 11 is 0. The minimum Gasteiger partial charge on any atom is -0.382 e. The summed E-state index contributed by atoms with van der Waals surface area (Å²) in [5, 5.41) is 7.63. The lowest BCUT2D eigenvalue weighted by Crippen LogP contribution is -2.21. The first-order valence-corrected chi connectivity index (χ1v) is 6.10. The van der Waals surface area contributed by atoms with Gasteiger partial charge in [-0.05, 0) is 38.8 Å². The van der Waals surface area contributed by atoms with Gasteiger partial charge in [-0.25, -0.2) is 0 Å². The Morgan fingerprint density at radius 2 is 2.25 bits per heavy atom. The molecule has 1 N–H and O–H groups in total. The van der Waals surface area contributed by atoms with E-state index < -0.39 is 0 Å². The van der Waals surface area contributed by atoms with Crippen LogP contribution in [0.1, 0.15) is 25.3 Å². The van der Waals surface area contributed by atoms with Gasteiger partial charge in [-0.2, -0.15) is 5.10 Å². The van der Waals surface area contributed by atoms with Crippen LogP contribution in [0.25, 0.3) is 0 Å². The summed E-state index contributed by atoms with van der Waals surface area (Å²) in [4.78, 5) is 0. The fraction of sp³-hybridized carbons (Fsp3) is 0.750. The highest BCUT2D eigenvalue weighted by Crippen LogP contribution is 1.93. The van der Waals surface area contributed by atoms with Crippen LogP contribution in [0.3, 0.4) is 0 Å². The van der Waals surface area contributed by atoms with Crippen molar-refractivity contribution in [1.82, 2.24) is 15.1 Å². The van der Waals surface area contributed by atoms with Gasteiger partial charge in [0.25, 0.3) is 0 Å². The molecule has 0 amide bonds. The largest absolute Gasteiger partial charge is 0.382 e. The Balaban J connectivity index is 1.88. The van der Waals surface area contributed by atoms with Crippen LogP contribution in [0.4, 0.5) is 0 Å². The van der Waals surface area contributed by atoms with Crippen molar-refractivity contribution in [3.63, 3.8) is 0 Å². The molecule has 0 radical (unpaired) electrons. The number of unbranched alkanes of at least 4 members (excludes halogenated alkanes) is 1. The van der Waals surface area contributed by atoms with Gasteiger partial charge in [0.05, 0.1) is 12.7 Å². The Morgan fingerprint density at radius 3 is 2.94 bits per heavy atom. The summed E-state index contributed by atoms with van der Waals surface area (Å²) < 4.78 is 7.24. The lowest BCUT2D eigenvalue weighted by Gasteiger charge is -2.05. The Labute approximate surface area is 98.0 Å². The van der Waals surface area contributed by atoms with Crippen molar-refractivity contribution >= 4 is 0 Å². The van der Waals surface area contributed by atoms with E-state index in [0.29, 0.717) is 0 Å². The molecule has 0 atom stereocenters. The molecule has 0 aliphatic carbocycles. The van der Waals surface area contributed by atoms with Crippen LogP contribution in [-0.2, 0) is 11.3 Å². The molecule has 0 unspecified atom stereocenters. The molecule has 0 aliphatic rings. The number of hydrogen-bond acceptors (Lipinski definition) is 3. The van der Waals surface area contributed by atoms with Crippen LogP contribution in [0.2, 0.25) is 0 Å². The second-order valence-electron chi connectivity index (χ2n) is 3.93. The molecule has 1 heterocycles. The lowest BCUT2D eigenvalue weighted by molar-refractivity contribution is 0.143. The number of nitrogens with one attached hydrogen (secondary N) is 1. The van der Waals surface area contributed by atoms with Gasteiger partial charge in [-0.15, -0.1) is 0 Å². The predicted molar refractivity (Wildman–Crippen MR) is 65.6 cm³/mol. The maximum absolute atomic E-state index is 5.27. The zero-order valence-electron chi connectivity index (χ0n) is 10.4. The Bertz CT molecular complexity index is 273. The summed E-state index contributed by atoms with van der Waals surface area (Å²) in [5.41, 5.74) is 1.22. The average molecular weight is 225 g/mol. The first-order chi connectivity index (χ1) is 7.83. The number of aryl methyl sites for hydroxylation is 1.